The molecule has 8 heteroatoms. The van der Waals surface area contributed by atoms with Gasteiger partial charge in [0, 0.05) is 10.3 Å². The summed E-state index contributed by atoms with van der Waals surface area (Å²) in [7, 11) is -3.79. The van der Waals surface area contributed by atoms with E-state index in [0.717, 1.165) is 40.4 Å². The first-order valence-electron chi connectivity index (χ1n) is 10.5. The topological polar surface area (TPSA) is 108 Å². The van der Waals surface area contributed by atoms with Crippen molar-refractivity contribution in [3.8, 4) is 0 Å². The second-order valence-electron chi connectivity index (χ2n) is 8.08. The van der Waals surface area contributed by atoms with Crippen molar-refractivity contribution in [1.29, 1.82) is 5.41 Å². The van der Waals surface area contributed by atoms with Gasteiger partial charge < -0.3 is 5.73 Å². The van der Waals surface area contributed by atoms with Gasteiger partial charge >= 0.3 is 0 Å². The molecule has 3 aromatic carbocycles. The maximum atomic E-state index is 13.3. The van der Waals surface area contributed by atoms with Crippen molar-refractivity contribution in [3.63, 3.8) is 0 Å². The van der Waals surface area contributed by atoms with Crippen molar-refractivity contribution in [1.82, 2.24) is 0 Å². The SMILES string of the molecule is Cc1ccc(S(=O)(=O)Nc2cc(SC(N)=NC=N)c(C3CCC3)c3ccccc23)c(C)c1. The second kappa shape index (κ2) is 8.96. The lowest BCUT2D eigenvalue weighted by Crippen LogP contribution is -2.16. The van der Waals surface area contributed by atoms with Gasteiger partial charge in [-0.2, -0.15) is 0 Å². The van der Waals surface area contributed by atoms with Crippen LogP contribution in [0.4, 0.5) is 5.69 Å². The van der Waals surface area contributed by atoms with Crippen LogP contribution in [0.3, 0.4) is 0 Å². The highest BCUT2D eigenvalue weighted by molar-refractivity contribution is 8.13. The predicted molar refractivity (Wildman–Crippen MR) is 134 cm³/mol. The van der Waals surface area contributed by atoms with Crippen LogP contribution in [-0.2, 0) is 10.0 Å². The highest BCUT2D eigenvalue weighted by Gasteiger charge is 2.27. The molecule has 0 atom stereocenters. The standard InChI is InChI=1S/C24H26N4O2S2/c1-15-10-11-22(16(2)12-15)32(29,30)28-20-13-21(31-24(26)27-14-25)23(17-6-5-7-17)19-9-4-3-8-18(19)20/h3-4,8-14,17,28H,5-7H2,1-2H3,(H3,25,26,27). The van der Waals surface area contributed by atoms with Crippen LogP contribution in [0.15, 0.2) is 63.3 Å². The Morgan fingerprint density at radius 1 is 1.16 bits per heavy atom. The molecule has 1 aliphatic rings. The lowest BCUT2D eigenvalue weighted by atomic mass is 9.78. The van der Waals surface area contributed by atoms with E-state index in [1.165, 1.54) is 23.7 Å². The molecule has 1 saturated carbocycles. The highest BCUT2D eigenvalue weighted by Crippen LogP contribution is 2.46. The molecule has 0 aliphatic heterocycles. The van der Waals surface area contributed by atoms with E-state index >= 15 is 0 Å². The molecule has 1 aliphatic carbocycles. The number of aryl methyl sites for hydroxylation is 2. The van der Waals surface area contributed by atoms with E-state index in [1.54, 1.807) is 19.1 Å². The molecule has 1 fully saturated rings. The first-order valence-corrected chi connectivity index (χ1v) is 12.8. The summed E-state index contributed by atoms with van der Waals surface area (Å²) >= 11 is 1.27. The highest BCUT2D eigenvalue weighted by atomic mass is 32.2. The van der Waals surface area contributed by atoms with Crippen molar-refractivity contribution in [2.75, 3.05) is 4.72 Å². The van der Waals surface area contributed by atoms with Gasteiger partial charge in [-0.3, -0.25) is 10.1 Å². The molecule has 4 rings (SSSR count). The number of hydrogen-bond acceptors (Lipinski definition) is 4. The van der Waals surface area contributed by atoms with Gasteiger partial charge in [0.25, 0.3) is 10.0 Å². The molecule has 0 spiro atoms. The number of fused-ring (bicyclic) bond motifs is 1. The van der Waals surface area contributed by atoms with Gasteiger partial charge in [0.1, 0.15) is 6.34 Å². The molecular weight excluding hydrogens is 440 g/mol. The number of anilines is 1. The van der Waals surface area contributed by atoms with Gasteiger partial charge in [-0.25, -0.2) is 13.4 Å². The number of sulfonamides is 1. The van der Waals surface area contributed by atoms with E-state index in [2.05, 4.69) is 9.71 Å². The molecule has 166 valence electrons. The van der Waals surface area contributed by atoms with E-state index in [-0.39, 0.29) is 10.1 Å². The summed E-state index contributed by atoms with van der Waals surface area (Å²) in [5, 5.41) is 9.33. The number of nitrogens with two attached hydrogens (primary N) is 1. The first-order chi connectivity index (χ1) is 15.3. The molecule has 3 aromatic rings. The fourth-order valence-corrected chi connectivity index (χ4v) is 6.35. The Kier molecular flexibility index (Phi) is 6.26. The molecule has 0 unspecified atom stereocenters. The maximum Gasteiger partial charge on any atom is 0.262 e. The minimum absolute atomic E-state index is 0.249. The Labute approximate surface area is 192 Å². The van der Waals surface area contributed by atoms with Gasteiger partial charge in [0.15, 0.2) is 5.17 Å². The van der Waals surface area contributed by atoms with Crippen LogP contribution in [0.25, 0.3) is 10.8 Å². The lowest BCUT2D eigenvalue weighted by Gasteiger charge is -2.30. The van der Waals surface area contributed by atoms with Crippen molar-refractivity contribution >= 4 is 49.8 Å². The molecular formula is C24H26N4O2S2. The number of rotatable bonds is 6. The molecule has 0 bridgehead atoms. The zero-order valence-electron chi connectivity index (χ0n) is 18.1. The molecule has 0 amide bonds. The van der Waals surface area contributed by atoms with Crippen LogP contribution >= 0.6 is 11.8 Å². The summed E-state index contributed by atoms with van der Waals surface area (Å²) in [4.78, 5) is 5.01. The van der Waals surface area contributed by atoms with E-state index in [9.17, 15) is 8.42 Å². The smallest absolute Gasteiger partial charge is 0.262 e. The van der Waals surface area contributed by atoms with Gasteiger partial charge in [0.2, 0.25) is 0 Å². The quantitative estimate of drug-likeness (QED) is 0.252. The number of nitrogens with zero attached hydrogens (tertiary/aromatic N) is 1. The Morgan fingerprint density at radius 2 is 1.88 bits per heavy atom. The van der Waals surface area contributed by atoms with Crippen molar-refractivity contribution < 1.29 is 8.42 Å². The van der Waals surface area contributed by atoms with Crippen molar-refractivity contribution in [2.45, 2.75) is 48.8 Å². The fraction of sp³-hybridized carbons (Fsp3) is 0.250. The number of amidine groups is 1. The molecule has 0 heterocycles. The van der Waals surface area contributed by atoms with E-state index in [1.807, 2.05) is 43.3 Å². The average molecular weight is 467 g/mol. The third-order valence-corrected chi connectivity index (χ3v) is 8.23. The molecule has 0 saturated heterocycles. The second-order valence-corrected chi connectivity index (χ2v) is 10.8. The Hall–Kier alpha value is -2.84. The van der Waals surface area contributed by atoms with Crippen LogP contribution in [0.5, 0.6) is 0 Å². The zero-order valence-corrected chi connectivity index (χ0v) is 19.7. The summed E-state index contributed by atoms with van der Waals surface area (Å²) in [6.45, 7) is 3.74. The van der Waals surface area contributed by atoms with Crippen LogP contribution in [0.1, 0.15) is 41.9 Å². The van der Waals surface area contributed by atoms with Crippen LogP contribution in [-0.4, -0.2) is 19.9 Å². The lowest BCUT2D eigenvalue weighted by molar-refractivity contribution is 0.417. The molecule has 6 nitrogen and oxygen atoms in total. The molecule has 0 radical (unpaired) electrons. The van der Waals surface area contributed by atoms with Gasteiger partial charge in [-0.1, -0.05) is 60.1 Å². The monoisotopic (exact) mass is 466 g/mol. The Balaban J connectivity index is 1.87. The number of benzene rings is 3. The largest absolute Gasteiger partial charge is 0.378 e. The summed E-state index contributed by atoms with van der Waals surface area (Å²) < 4.78 is 29.4. The molecule has 4 N–H and O–H groups in total. The minimum Gasteiger partial charge on any atom is -0.378 e. The van der Waals surface area contributed by atoms with Crippen LogP contribution in [0.2, 0.25) is 0 Å². The van der Waals surface area contributed by atoms with Gasteiger partial charge in [-0.05, 0) is 61.3 Å². The fourth-order valence-electron chi connectivity index (χ4n) is 4.16. The average Bonchev–Trinajstić information content (AvgIpc) is 2.69. The van der Waals surface area contributed by atoms with Crippen molar-refractivity contribution in [3.05, 3.63) is 65.2 Å². The normalized spacial score (nSPS) is 14.9. The Morgan fingerprint density at radius 3 is 2.50 bits per heavy atom. The van der Waals surface area contributed by atoms with Gasteiger partial charge in [0.05, 0.1) is 10.6 Å². The van der Waals surface area contributed by atoms with E-state index < -0.39 is 10.0 Å². The van der Waals surface area contributed by atoms with Crippen molar-refractivity contribution in [2.24, 2.45) is 10.7 Å². The van der Waals surface area contributed by atoms with E-state index in [0.29, 0.717) is 17.2 Å². The summed E-state index contributed by atoms with van der Waals surface area (Å²) in [5.74, 6) is 0.403. The Bertz CT molecular complexity index is 1330. The predicted octanol–water partition coefficient (Wildman–Crippen LogP) is 5.54. The van der Waals surface area contributed by atoms with Crippen LogP contribution in [0, 0.1) is 19.3 Å². The number of thioether (sulfide) groups is 1. The summed E-state index contributed by atoms with van der Waals surface area (Å²) in [6, 6.07) is 15.0. The minimum atomic E-state index is -3.79. The number of nitrogens with one attached hydrogen (secondary N) is 2. The number of aliphatic imine (C=N–C) groups is 1. The number of hydrogen-bond donors (Lipinski definition) is 3. The van der Waals surface area contributed by atoms with Gasteiger partial charge in [-0.15, -0.1) is 0 Å². The third-order valence-electron chi connectivity index (χ3n) is 5.83. The first kappa shape index (κ1) is 22.4. The third kappa shape index (κ3) is 4.38. The summed E-state index contributed by atoms with van der Waals surface area (Å²) in [5.41, 5.74) is 9.41. The molecule has 32 heavy (non-hydrogen) atoms. The molecule has 0 aromatic heterocycles. The van der Waals surface area contributed by atoms with Crippen LogP contribution < -0.4 is 10.5 Å². The summed E-state index contributed by atoms with van der Waals surface area (Å²) in [6.07, 6.45) is 4.27. The maximum absolute atomic E-state index is 13.3. The van der Waals surface area contributed by atoms with E-state index in [4.69, 9.17) is 11.1 Å². The zero-order chi connectivity index (χ0) is 22.9.